The zero-order valence-corrected chi connectivity index (χ0v) is 11.6. The number of methoxy groups -OCH3 is 2. The molecule has 1 aromatic rings. The van der Waals surface area contributed by atoms with Crippen molar-refractivity contribution in [2.24, 2.45) is 0 Å². The predicted octanol–water partition coefficient (Wildman–Crippen LogP) is 1.82. The minimum Gasteiger partial charge on any atom is -0.493 e. The highest BCUT2D eigenvalue weighted by Crippen LogP contribution is 2.29. The lowest BCUT2D eigenvalue weighted by Crippen LogP contribution is -2.22. The summed E-state index contributed by atoms with van der Waals surface area (Å²) in [6, 6.07) is 5.31. The van der Waals surface area contributed by atoms with Gasteiger partial charge in [-0.05, 0) is 36.0 Å². The minimum absolute atomic E-state index is 0.150. The highest BCUT2D eigenvalue weighted by atomic mass is 32.1. The number of nitrogens with zero attached hydrogens (tertiary/aromatic N) is 1. The summed E-state index contributed by atoms with van der Waals surface area (Å²) in [6.45, 7) is 0. The first-order valence-corrected chi connectivity index (χ1v) is 5.91. The molecule has 0 unspecified atom stereocenters. The third-order valence-corrected chi connectivity index (χ3v) is 3.05. The van der Waals surface area contributed by atoms with Crippen LogP contribution in [0.1, 0.15) is 5.56 Å². The van der Waals surface area contributed by atoms with Crippen molar-refractivity contribution in [3.05, 3.63) is 29.5 Å². The molecule has 1 aromatic carbocycles. The molecule has 0 spiro atoms. The largest absolute Gasteiger partial charge is 0.493 e. The average Bonchev–Trinajstić information content (AvgIpc) is 2.66. The zero-order chi connectivity index (χ0) is 14.0. The summed E-state index contributed by atoms with van der Waals surface area (Å²) in [5.74, 6) is 1.13. The van der Waals surface area contributed by atoms with Crippen LogP contribution < -0.4 is 9.47 Å². The van der Waals surface area contributed by atoms with Gasteiger partial charge in [0.1, 0.15) is 0 Å². The number of carbonyl (C=O) groups excluding carboxylic acids is 1. The van der Waals surface area contributed by atoms with Crippen molar-refractivity contribution in [3.63, 3.8) is 0 Å². The molecule has 0 aliphatic carbocycles. The number of rotatable bonds is 3. The third kappa shape index (κ3) is 2.53. The van der Waals surface area contributed by atoms with E-state index in [0.717, 1.165) is 5.56 Å². The van der Waals surface area contributed by atoms with Gasteiger partial charge in [0.15, 0.2) is 17.3 Å². The molecule has 1 saturated heterocycles. The van der Waals surface area contributed by atoms with Crippen molar-refractivity contribution >= 4 is 29.4 Å². The molecule has 0 atom stereocenters. The summed E-state index contributed by atoms with van der Waals surface area (Å²) in [4.78, 5) is 13.1. The second kappa shape index (κ2) is 5.27. The van der Waals surface area contributed by atoms with Crippen LogP contribution in [0, 0.1) is 0 Å². The van der Waals surface area contributed by atoms with Gasteiger partial charge in [0, 0.05) is 7.05 Å². The van der Waals surface area contributed by atoms with Gasteiger partial charge in [-0.2, -0.15) is 0 Å². The van der Waals surface area contributed by atoms with Crippen molar-refractivity contribution in [1.29, 1.82) is 0 Å². The molecule has 0 radical (unpaired) electrons. The molecule has 2 rings (SSSR count). The maximum Gasteiger partial charge on any atom is 0.296 e. The Morgan fingerprint density at radius 3 is 2.47 bits per heavy atom. The Bertz CT molecular complexity index is 568. The molecule has 0 saturated carbocycles. The van der Waals surface area contributed by atoms with Crippen molar-refractivity contribution < 1.29 is 19.0 Å². The van der Waals surface area contributed by atoms with E-state index in [2.05, 4.69) is 0 Å². The Balaban J connectivity index is 2.34. The number of ether oxygens (including phenoxy) is 3. The average molecular weight is 279 g/mol. The Labute approximate surface area is 116 Å². The maximum absolute atomic E-state index is 11.8. The van der Waals surface area contributed by atoms with Crippen LogP contribution >= 0.6 is 12.2 Å². The van der Waals surface area contributed by atoms with E-state index >= 15 is 0 Å². The van der Waals surface area contributed by atoms with Crippen molar-refractivity contribution in [1.82, 2.24) is 4.90 Å². The number of thiocarbonyl (C=S) groups is 1. The standard InChI is InChI=1S/C13H13NO4S/c1-14-12(15)11(18-13(14)19)7-8-4-5-9(16-2)10(6-8)17-3/h4-7H,1-3H3. The van der Waals surface area contributed by atoms with E-state index in [4.69, 9.17) is 26.4 Å². The monoisotopic (exact) mass is 279 g/mol. The molecule has 0 N–H and O–H groups in total. The first-order valence-electron chi connectivity index (χ1n) is 5.50. The van der Waals surface area contributed by atoms with Crippen molar-refractivity contribution in [2.75, 3.05) is 21.3 Å². The second-order valence-corrected chi connectivity index (χ2v) is 4.20. The van der Waals surface area contributed by atoms with Gasteiger partial charge in [0.2, 0.25) is 0 Å². The molecule has 0 aromatic heterocycles. The summed E-state index contributed by atoms with van der Waals surface area (Å²) in [6.07, 6.45) is 1.61. The molecule has 5 nitrogen and oxygen atoms in total. The first kappa shape index (κ1) is 13.4. The Morgan fingerprint density at radius 1 is 1.26 bits per heavy atom. The fourth-order valence-corrected chi connectivity index (χ4v) is 1.81. The summed E-state index contributed by atoms with van der Waals surface area (Å²) in [5, 5.41) is 0.150. The number of hydrogen-bond donors (Lipinski definition) is 0. The zero-order valence-electron chi connectivity index (χ0n) is 10.8. The van der Waals surface area contributed by atoms with E-state index in [1.807, 2.05) is 0 Å². The molecule has 1 aliphatic rings. The van der Waals surface area contributed by atoms with Crippen LogP contribution in [0.5, 0.6) is 11.5 Å². The van der Waals surface area contributed by atoms with Crippen molar-refractivity contribution in [2.45, 2.75) is 0 Å². The van der Waals surface area contributed by atoms with Gasteiger partial charge < -0.3 is 14.2 Å². The smallest absolute Gasteiger partial charge is 0.296 e. The van der Waals surface area contributed by atoms with E-state index in [9.17, 15) is 4.79 Å². The number of hydrogen-bond acceptors (Lipinski definition) is 5. The molecular weight excluding hydrogens is 266 g/mol. The number of benzene rings is 1. The highest BCUT2D eigenvalue weighted by molar-refractivity contribution is 7.80. The SMILES string of the molecule is COc1ccc(C=C2OC(=S)N(C)C2=O)cc1OC. The van der Waals surface area contributed by atoms with E-state index in [1.165, 1.54) is 4.90 Å². The fourth-order valence-electron chi connectivity index (χ4n) is 1.64. The quantitative estimate of drug-likeness (QED) is 0.624. The second-order valence-electron chi connectivity index (χ2n) is 3.86. The van der Waals surface area contributed by atoms with Crippen LogP contribution in [0.4, 0.5) is 0 Å². The molecule has 1 heterocycles. The highest BCUT2D eigenvalue weighted by Gasteiger charge is 2.29. The van der Waals surface area contributed by atoms with Gasteiger partial charge in [0.05, 0.1) is 14.2 Å². The van der Waals surface area contributed by atoms with Crippen LogP contribution in [0.25, 0.3) is 6.08 Å². The topological polar surface area (TPSA) is 48.0 Å². The van der Waals surface area contributed by atoms with E-state index in [-0.39, 0.29) is 16.8 Å². The van der Waals surface area contributed by atoms with Gasteiger partial charge in [-0.15, -0.1) is 0 Å². The van der Waals surface area contributed by atoms with Gasteiger partial charge in [0.25, 0.3) is 11.1 Å². The number of amides is 1. The van der Waals surface area contributed by atoms with Crippen molar-refractivity contribution in [3.8, 4) is 11.5 Å². The molecule has 100 valence electrons. The predicted molar refractivity (Wildman–Crippen MR) is 74.0 cm³/mol. The van der Waals surface area contributed by atoms with Gasteiger partial charge in [-0.3, -0.25) is 9.69 Å². The molecule has 1 amide bonds. The molecule has 0 bridgehead atoms. The summed E-state index contributed by atoms with van der Waals surface area (Å²) < 4.78 is 15.6. The van der Waals surface area contributed by atoms with Crippen LogP contribution in [0.2, 0.25) is 0 Å². The molecule has 6 heteroatoms. The summed E-state index contributed by atoms with van der Waals surface area (Å²) in [7, 11) is 4.68. The van der Waals surface area contributed by atoms with Gasteiger partial charge in [-0.1, -0.05) is 6.07 Å². The Morgan fingerprint density at radius 2 is 1.95 bits per heavy atom. The molecule has 1 fully saturated rings. The normalized spacial score (nSPS) is 16.8. The van der Waals surface area contributed by atoms with Crippen LogP contribution in [-0.4, -0.2) is 37.2 Å². The Hall–Kier alpha value is -2.08. The van der Waals surface area contributed by atoms with Gasteiger partial charge >= 0.3 is 0 Å². The van der Waals surface area contributed by atoms with Gasteiger partial charge in [-0.25, -0.2) is 0 Å². The molecular formula is C13H13NO4S. The van der Waals surface area contributed by atoms with Crippen LogP contribution in [0.15, 0.2) is 24.0 Å². The molecule has 19 heavy (non-hydrogen) atoms. The Kier molecular flexibility index (Phi) is 3.71. The van der Waals surface area contributed by atoms with E-state index in [1.54, 1.807) is 45.5 Å². The lowest BCUT2D eigenvalue weighted by Gasteiger charge is -2.07. The molecule has 1 aliphatic heterocycles. The van der Waals surface area contributed by atoms with E-state index in [0.29, 0.717) is 11.5 Å². The number of likely N-dealkylation sites (N-methyl/N-ethyl adjacent to an activating group) is 1. The first-order chi connectivity index (χ1) is 9.06. The third-order valence-electron chi connectivity index (χ3n) is 2.69. The lowest BCUT2D eigenvalue weighted by molar-refractivity contribution is -0.122. The summed E-state index contributed by atoms with van der Waals surface area (Å²) in [5.41, 5.74) is 0.763. The van der Waals surface area contributed by atoms with E-state index < -0.39 is 0 Å². The lowest BCUT2D eigenvalue weighted by atomic mass is 10.1. The minimum atomic E-state index is -0.264. The summed E-state index contributed by atoms with van der Waals surface area (Å²) >= 11 is 4.90. The van der Waals surface area contributed by atoms with Crippen LogP contribution in [0.3, 0.4) is 0 Å². The maximum atomic E-state index is 11.8. The fraction of sp³-hybridized carbons (Fsp3) is 0.231. The van der Waals surface area contributed by atoms with Crippen LogP contribution in [-0.2, 0) is 9.53 Å². The number of carbonyl (C=O) groups is 1.